The van der Waals surface area contributed by atoms with Crippen molar-refractivity contribution in [2.24, 2.45) is 17.3 Å². The predicted octanol–water partition coefficient (Wildman–Crippen LogP) is 6.36. The van der Waals surface area contributed by atoms with Gasteiger partial charge in [0.15, 0.2) is 0 Å². The third-order valence-corrected chi connectivity index (χ3v) is 8.67. The van der Waals surface area contributed by atoms with Gasteiger partial charge in [0.05, 0.1) is 47.5 Å². The number of alkyl halides is 6. The van der Waals surface area contributed by atoms with E-state index in [1.165, 1.54) is 45.3 Å². The van der Waals surface area contributed by atoms with Crippen molar-refractivity contribution in [3.05, 3.63) is 65.1 Å². The Kier molecular flexibility index (Phi) is 8.98. The first-order valence-corrected chi connectivity index (χ1v) is 14.0. The van der Waals surface area contributed by atoms with E-state index in [1.807, 2.05) is 0 Å². The summed E-state index contributed by atoms with van der Waals surface area (Å²) in [7, 11) is 1.34. The zero-order valence-electron chi connectivity index (χ0n) is 24.8. The Morgan fingerprint density at radius 2 is 1.77 bits per heavy atom. The van der Waals surface area contributed by atoms with Crippen molar-refractivity contribution >= 4 is 17.4 Å². The van der Waals surface area contributed by atoms with Crippen molar-refractivity contribution in [1.29, 1.82) is 0 Å². The van der Waals surface area contributed by atoms with E-state index < -0.39 is 59.0 Å². The van der Waals surface area contributed by atoms with Gasteiger partial charge >= 0.3 is 12.4 Å². The molecular formula is C31H34F7N3O3. The van der Waals surface area contributed by atoms with Gasteiger partial charge in [-0.05, 0) is 68.5 Å². The molecule has 2 unspecified atom stereocenters. The monoisotopic (exact) mass is 629 g/mol. The van der Waals surface area contributed by atoms with Crippen molar-refractivity contribution in [3.63, 3.8) is 0 Å². The van der Waals surface area contributed by atoms with E-state index in [4.69, 9.17) is 0 Å². The highest BCUT2D eigenvalue weighted by molar-refractivity contribution is 6.02. The van der Waals surface area contributed by atoms with Gasteiger partial charge in [-0.1, -0.05) is 24.6 Å². The predicted molar refractivity (Wildman–Crippen MR) is 151 cm³/mol. The molecule has 6 nitrogen and oxygen atoms in total. The fraction of sp³-hybridized carbons (Fsp3) is 0.484. The molecule has 1 amide bonds. The van der Waals surface area contributed by atoms with Gasteiger partial charge in [-0.15, -0.1) is 0 Å². The van der Waals surface area contributed by atoms with Gasteiger partial charge in [0, 0.05) is 19.2 Å². The van der Waals surface area contributed by atoms with Crippen LogP contribution in [0, 0.1) is 30.0 Å². The van der Waals surface area contributed by atoms with Gasteiger partial charge < -0.3 is 20.0 Å². The summed E-state index contributed by atoms with van der Waals surface area (Å²) in [6.07, 6.45) is -8.38. The second-order valence-electron chi connectivity index (χ2n) is 11.9. The van der Waals surface area contributed by atoms with E-state index >= 15 is 0 Å². The highest BCUT2D eigenvalue weighted by atomic mass is 19.4. The summed E-state index contributed by atoms with van der Waals surface area (Å²) in [6.45, 7) is 5.36. The molecule has 2 aromatic rings. The number of benzene rings is 1. The number of nitrogens with zero attached hydrogens (tertiary/aromatic N) is 3. The number of allylic oxidation sites excluding steroid dienone is 3. The van der Waals surface area contributed by atoms with Crippen molar-refractivity contribution in [3.8, 4) is 11.1 Å². The van der Waals surface area contributed by atoms with Crippen molar-refractivity contribution in [2.45, 2.75) is 58.6 Å². The van der Waals surface area contributed by atoms with Crippen molar-refractivity contribution < 1.29 is 45.7 Å². The number of aliphatic hydroxyl groups excluding tert-OH is 2. The SMILES string of the molecule is Cc1cc(F)ccc1-c1cc(N2CC[C@H](O)[C@H]2CO)ncc1N(C)C(=O)C(C)(C)C1=CC(C(F)(F)F)=CC(C(F)(F)F)C1C. The van der Waals surface area contributed by atoms with Crippen LogP contribution in [0.15, 0.2) is 53.8 Å². The number of aryl methyl sites for hydroxylation is 1. The van der Waals surface area contributed by atoms with Crippen LogP contribution in [0.1, 0.15) is 32.8 Å². The molecule has 1 aliphatic heterocycles. The number of hydrogen-bond donors (Lipinski definition) is 2. The lowest BCUT2D eigenvalue weighted by Crippen LogP contribution is -2.44. The van der Waals surface area contributed by atoms with E-state index in [9.17, 15) is 45.7 Å². The molecule has 1 aromatic carbocycles. The summed E-state index contributed by atoms with van der Waals surface area (Å²) < 4.78 is 96.8. The summed E-state index contributed by atoms with van der Waals surface area (Å²) in [5, 5.41) is 20.1. The number of pyridine rings is 1. The first-order chi connectivity index (χ1) is 20.3. The maximum Gasteiger partial charge on any atom is 0.416 e. The Balaban J connectivity index is 1.82. The molecule has 1 fully saturated rings. The maximum atomic E-state index is 14.1. The summed E-state index contributed by atoms with van der Waals surface area (Å²) >= 11 is 0. The van der Waals surface area contributed by atoms with Gasteiger partial charge in [0.25, 0.3) is 0 Å². The first kappa shape index (κ1) is 33.4. The van der Waals surface area contributed by atoms with Crippen LogP contribution < -0.4 is 9.80 Å². The molecule has 240 valence electrons. The highest BCUT2D eigenvalue weighted by Crippen LogP contribution is 2.49. The van der Waals surface area contributed by atoms with Gasteiger partial charge in [-0.2, -0.15) is 26.3 Å². The molecule has 0 spiro atoms. The Morgan fingerprint density at radius 3 is 2.34 bits per heavy atom. The van der Waals surface area contributed by atoms with E-state index in [0.717, 1.165) is 11.8 Å². The molecule has 0 saturated carbocycles. The summed E-state index contributed by atoms with van der Waals surface area (Å²) in [4.78, 5) is 21.3. The molecule has 4 rings (SSSR count). The quantitative estimate of drug-likeness (QED) is 0.364. The van der Waals surface area contributed by atoms with E-state index in [0.29, 0.717) is 41.5 Å². The number of amides is 1. The fourth-order valence-electron chi connectivity index (χ4n) is 6.18. The normalized spacial score (nSPS) is 23.0. The molecule has 44 heavy (non-hydrogen) atoms. The van der Waals surface area contributed by atoms with Crippen LogP contribution in [0.5, 0.6) is 0 Å². The average molecular weight is 630 g/mol. The maximum absolute atomic E-state index is 14.1. The van der Waals surface area contributed by atoms with E-state index in [-0.39, 0.29) is 23.9 Å². The minimum atomic E-state index is -5.07. The van der Waals surface area contributed by atoms with Crippen LogP contribution >= 0.6 is 0 Å². The summed E-state index contributed by atoms with van der Waals surface area (Å²) in [5.41, 5.74) is -2.09. The molecular weight excluding hydrogens is 595 g/mol. The summed E-state index contributed by atoms with van der Waals surface area (Å²) in [5.74, 6) is -4.88. The zero-order chi connectivity index (χ0) is 32.9. The van der Waals surface area contributed by atoms with Gasteiger partial charge in [0.2, 0.25) is 5.91 Å². The van der Waals surface area contributed by atoms with Crippen LogP contribution in [0.3, 0.4) is 0 Å². The molecule has 13 heteroatoms. The Morgan fingerprint density at radius 1 is 1.11 bits per heavy atom. The second-order valence-corrected chi connectivity index (χ2v) is 11.9. The lowest BCUT2D eigenvalue weighted by Gasteiger charge is -2.39. The Bertz CT molecular complexity index is 1480. The first-order valence-electron chi connectivity index (χ1n) is 14.0. The number of carbonyl (C=O) groups excluding carboxylic acids is 1. The third kappa shape index (κ3) is 6.21. The van der Waals surface area contributed by atoms with E-state index in [2.05, 4.69) is 4.98 Å². The third-order valence-electron chi connectivity index (χ3n) is 8.67. The summed E-state index contributed by atoms with van der Waals surface area (Å²) in [6, 6.07) is 4.92. The average Bonchev–Trinajstić information content (AvgIpc) is 3.30. The molecule has 0 radical (unpaired) electrons. The number of aliphatic hydroxyl groups is 2. The van der Waals surface area contributed by atoms with Crippen LogP contribution in [-0.2, 0) is 4.79 Å². The molecule has 1 saturated heterocycles. The standard InChI is InChI=1S/C31H34F7N3O3/c1-16-10-19(32)6-7-20(16)21-13-27(41-9-8-26(43)25(41)15-42)39-14-24(21)40(5)28(44)29(3,4)22-11-18(30(33,34)35)12-23(17(22)2)31(36,37)38/h6-7,10-14,17,23,25-26,42-43H,8-9,15H2,1-5H3/t17?,23?,25-,26+/m1/s1. The topological polar surface area (TPSA) is 76.9 Å². The number of anilines is 2. The fourth-order valence-corrected chi connectivity index (χ4v) is 6.18. The molecule has 2 heterocycles. The molecule has 1 aromatic heterocycles. The highest BCUT2D eigenvalue weighted by Gasteiger charge is 2.51. The molecule has 2 aliphatic rings. The Hall–Kier alpha value is -3.45. The van der Waals surface area contributed by atoms with Crippen LogP contribution in [0.2, 0.25) is 0 Å². The van der Waals surface area contributed by atoms with Crippen LogP contribution in [0.25, 0.3) is 11.1 Å². The smallest absolute Gasteiger partial charge is 0.394 e. The number of hydrogen-bond acceptors (Lipinski definition) is 5. The number of aromatic nitrogens is 1. The van der Waals surface area contributed by atoms with Crippen molar-refractivity contribution in [2.75, 3.05) is 30.0 Å². The van der Waals surface area contributed by atoms with Crippen molar-refractivity contribution in [1.82, 2.24) is 4.98 Å². The Labute approximate surface area is 250 Å². The van der Waals surface area contributed by atoms with E-state index in [1.54, 1.807) is 17.9 Å². The lowest BCUT2D eigenvalue weighted by atomic mass is 9.68. The number of rotatable bonds is 6. The molecule has 2 N–H and O–H groups in total. The number of carbonyl (C=O) groups is 1. The minimum Gasteiger partial charge on any atom is -0.394 e. The van der Waals surface area contributed by atoms with Gasteiger partial charge in [-0.25, -0.2) is 9.37 Å². The molecule has 4 atom stereocenters. The second kappa shape index (κ2) is 11.8. The van der Waals surface area contributed by atoms with Crippen LogP contribution in [-0.4, -0.2) is 65.8 Å². The van der Waals surface area contributed by atoms with Gasteiger partial charge in [0.1, 0.15) is 11.6 Å². The molecule has 1 aliphatic carbocycles. The van der Waals surface area contributed by atoms with Crippen LogP contribution in [0.4, 0.5) is 42.2 Å². The van der Waals surface area contributed by atoms with Gasteiger partial charge in [-0.3, -0.25) is 4.79 Å². The lowest BCUT2D eigenvalue weighted by molar-refractivity contribution is -0.172. The molecule has 0 bridgehead atoms. The zero-order valence-corrected chi connectivity index (χ0v) is 24.8. The minimum absolute atomic E-state index is 0.158. The largest absolute Gasteiger partial charge is 0.416 e. The number of halogens is 7.